The number of piperazine rings is 1. The molecule has 0 aromatic heterocycles. The molecule has 0 spiro atoms. The molecule has 3 rings (SSSR count). The Labute approximate surface area is 215 Å². The van der Waals surface area contributed by atoms with Gasteiger partial charge in [0.15, 0.2) is 5.96 Å². The summed E-state index contributed by atoms with van der Waals surface area (Å²) in [6, 6.07) is 8.47. The third-order valence-electron chi connectivity index (χ3n) is 6.20. The molecule has 0 atom stereocenters. The van der Waals surface area contributed by atoms with Gasteiger partial charge in [-0.15, -0.1) is 24.0 Å². The van der Waals surface area contributed by atoms with Gasteiger partial charge in [0.25, 0.3) is 0 Å². The quantitative estimate of drug-likeness (QED) is 0.306. The number of carbonyl (C=O) groups is 1. The van der Waals surface area contributed by atoms with Gasteiger partial charge in [0.1, 0.15) is 5.75 Å². The Kier molecular flexibility index (Phi) is 11.5. The summed E-state index contributed by atoms with van der Waals surface area (Å²) in [7, 11) is 0. The lowest BCUT2D eigenvalue weighted by Gasteiger charge is -2.38. The molecular formula is C24H39IN4O4. The van der Waals surface area contributed by atoms with Crippen LogP contribution in [0.25, 0.3) is 0 Å². The molecule has 9 heteroatoms. The van der Waals surface area contributed by atoms with Crippen molar-refractivity contribution in [2.75, 3.05) is 65.7 Å². The molecule has 1 aromatic carbocycles. The summed E-state index contributed by atoms with van der Waals surface area (Å²) < 4.78 is 16.4. The number of amides is 1. The molecule has 2 heterocycles. The average molecular weight is 575 g/mol. The summed E-state index contributed by atoms with van der Waals surface area (Å²) in [4.78, 5) is 21.1. The van der Waals surface area contributed by atoms with Gasteiger partial charge in [-0.3, -0.25) is 4.99 Å². The first-order valence-corrected chi connectivity index (χ1v) is 11.9. The van der Waals surface area contributed by atoms with Crippen molar-refractivity contribution in [1.29, 1.82) is 0 Å². The maximum absolute atomic E-state index is 12.0. The summed E-state index contributed by atoms with van der Waals surface area (Å²) in [6.45, 7) is 12.7. The Morgan fingerprint density at radius 3 is 2.24 bits per heavy atom. The third-order valence-corrected chi connectivity index (χ3v) is 6.20. The molecule has 186 valence electrons. The molecule has 0 radical (unpaired) electrons. The number of benzene rings is 1. The van der Waals surface area contributed by atoms with Gasteiger partial charge < -0.3 is 29.3 Å². The molecule has 0 aliphatic carbocycles. The smallest absolute Gasteiger partial charge is 0.409 e. The number of nitrogens with zero attached hydrogens (tertiary/aromatic N) is 3. The highest BCUT2D eigenvalue weighted by Crippen LogP contribution is 2.36. The number of nitrogens with one attached hydrogen (secondary N) is 1. The van der Waals surface area contributed by atoms with E-state index in [4.69, 9.17) is 19.2 Å². The highest BCUT2D eigenvalue weighted by molar-refractivity contribution is 14.0. The summed E-state index contributed by atoms with van der Waals surface area (Å²) >= 11 is 0. The molecule has 1 amide bonds. The predicted octanol–water partition coefficient (Wildman–Crippen LogP) is 3.49. The van der Waals surface area contributed by atoms with Crippen LogP contribution in [0.15, 0.2) is 29.3 Å². The van der Waals surface area contributed by atoms with Crippen molar-refractivity contribution in [3.8, 4) is 5.75 Å². The molecule has 2 fully saturated rings. The fourth-order valence-electron chi connectivity index (χ4n) is 4.34. The van der Waals surface area contributed by atoms with Crippen LogP contribution in [0, 0.1) is 0 Å². The number of halogens is 1. The average Bonchev–Trinajstić information content (AvgIpc) is 2.83. The van der Waals surface area contributed by atoms with E-state index in [0.29, 0.717) is 32.8 Å². The lowest BCUT2D eigenvalue weighted by atomic mass is 9.74. The Bertz CT molecular complexity index is 745. The highest BCUT2D eigenvalue weighted by Gasteiger charge is 2.35. The molecule has 2 saturated heterocycles. The Balaban J connectivity index is 0.00000385. The lowest BCUT2D eigenvalue weighted by Crippen LogP contribution is -2.54. The summed E-state index contributed by atoms with van der Waals surface area (Å²) in [6.07, 6.45) is 1.66. The van der Waals surface area contributed by atoms with Crippen molar-refractivity contribution < 1.29 is 19.0 Å². The predicted molar refractivity (Wildman–Crippen MR) is 141 cm³/mol. The first-order valence-electron chi connectivity index (χ1n) is 11.9. The normalized spacial score (nSPS) is 18.3. The summed E-state index contributed by atoms with van der Waals surface area (Å²) in [5, 5.41) is 3.45. The molecule has 8 nitrogen and oxygen atoms in total. The number of rotatable bonds is 7. The number of aliphatic imine (C=N–C) groups is 1. The molecule has 0 unspecified atom stereocenters. The molecule has 33 heavy (non-hydrogen) atoms. The number of hydrogen-bond acceptors (Lipinski definition) is 5. The number of guanidine groups is 1. The van der Waals surface area contributed by atoms with Gasteiger partial charge in [0.05, 0.1) is 19.8 Å². The molecule has 0 saturated carbocycles. The van der Waals surface area contributed by atoms with E-state index in [1.54, 1.807) is 4.90 Å². The second-order valence-electron chi connectivity index (χ2n) is 8.19. The molecule has 0 bridgehead atoms. The van der Waals surface area contributed by atoms with Gasteiger partial charge in [-0.2, -0.15) is 0 Å². The minimum atomic E-state index is -0.231. The molecule has 2 aliphatic heterocycles. The lowest BCUT2D eigenvalue weighted by molar-refractivity contribution is 0.0529. The van der Waals surface area contributed by atoms with E-state index in [1.807, 2.05) is 13.8 Å². The van der Waals surface area contributed by atoms with Crippen molar-refractivity contribution in [3.63, 3.8) is 0 Å². The zero-order chi connectivity index (χ0) is 22.8. The van der Waals surface area contributed by atoms with E-state index in [2.05, 4.69) is 41.4 Å². The van der Waals surface area contributed by atoms with Crippen LogP contribution < -0.4 is 10.1 Å². The minimum Gasteiger partial charge on any atom is -0.494 e. The molecule has 2 aliphatic rings. The first kappa shape index (κ1) is 27.5. The Morgan fingerprint density at radius 2 is 1.67 bits per heavy atom. The first-order chi connectivity index (χ1) is 15.6. The Hall–Kier alpha value is -1.75. The second-order valence-corrected chi connectivity index (χ2v) is 8.19. The van der Waals surface area contributed by atoms with Gasteiger partial charge in [0.2, 0.25) is 0 Å². The van der Waals surface area contributed by atoms with E-state index < -0.39 is 0 Å². The van der Waals surface area contributed by atoms with E-state index >= 15 is 0 Å². The van der Waals surface area contributed by atoms with Gasteiger partial charge in [-0.05, 0) is 51.3 Å². The van der Waals surface area contributed by atoms with Gasteiger partial charge in [0, 0.05) is 51.4 Å². The third kappa shape index (κ3) is 7.37. The highest BCUT2D eigenvalue weighted by atomic mass is 127. The molecule has 1 aromatic rings. The van der Waals surface area contributed by atoms with Gasteiger partial charge in [-0.25, -0.2) is 4.79 Å². The zero-order valence-electron chi connectivity index (χ0n) is 20.2. The van der Waals surface area contributed by atoms with E-state index in [9.17, 15) is 4.79 Å². The Morgan fingerprint density at radius 1 is 1.03 bits per heavy atom. The zero-order valence-corrected chi connectivity index (χ0v) is 22.5. The fourth-order valence-corrected chi connectivity index (χ4v) is 4.34. The molecular weight excluding hydrogens is 535 g/mol. The van der Waals surface area contributed by atoms with Gasteiger partial charge >= 0.3 is 6.09 Å². The monoisotopic (exact) mass is 574 g/mol. The number of ether oxygens (including phenoxy) is 3. The van der Waals surface area contributed by atoms with E-state index in [0.717, 1.165) is 57.4 Å². The van der Waals surface area contributed by atoms with E-state index in [1.165, 1.54) is 5.56 Å². The second kappa shape index (κ2) is 13.8. The van der Waals surface area contributed by atoms with Crippen LogP contribution in [0.5, 0.6) is 5.75 Å². The topological polar surface area (TPSA) is 75.6 Å². The van der Waals surface area contributed by atoms with Crippen LogP contribution in [0.3, 0.4) is 0 Å². The van der Waals surface area contributed by atoms with Crippen LogP contribution in [0.2, 0.25) is 0 Å². The van der Waals surface area contributed by atoms with Crippen molar-refractivity contribution in [3.05, 3.63) is 29.8 Å². The maximum Gasteiger partial charge on any atom is 0.409 e. The van der Waals surface area contributed by atoms with Crippen LogP contribution in [0.4, 0.5) is 4.79 Å². The van der Waals surface area contributed by atoms with Crippen LogP contribution in [-0.2, 0) is 14.9 Å². The van der Waals surface area contributed by atoms with Crippen LogP contribution in [0.1, 0.15) is 39.2 Å². The van der Waals surface area contributed by atoms with Crippen molar-refractivity contribution in [2.45, 2.75) is 39.0 Å². The number of carbonyl (C=O) groups excluding carboxylic acids is 1. The van der Waals surface area contributed by atoms with Gasteiger partial charge in [-0.1, -0.05) is 12.1 Å². The van der Waals surface area contributed by atoms with Crippen molar-refractivity contribution in [2.24, 2.45) is 4.99 Å². The van der Waals surface area contributed by atoms with Crippen molar-refractivity contribution in [1.82, 2.24) is 15.1 Å². The van der Waals surface area contributed by atoms with E-state index in [-0.39, 0.29) is 35.5 Å². The standard InChI is InChI=1S/C24H38N4O4.HI/c1-4-25-22(27-13-15-28(16-14-27)23(29)32-6-3)26-19-24(11-17-30-18-12-24)20-7-9-21(10-8-20)31-5-2;/h7-10H,4-6,11-19H2,1-3H3,(H,25,26);1H. The number of hydrogen-bond donors (Lipinski definition) is 1. The largest absolute Gasteiger partial charge is 0.494 e. The summed E-state index contributed by atoms with van der Waals surface area (Å²) in [5.41, 5.74) is 1.24. The minimum absolute atomic E-state index is 0. The van der Waals surface area contributed by atoms with Crippen LogP contribution >= 0.6 is 24.0 Å². The van der Waals surface area contributed by atoms with Crippen LogP contribution in [-0.4, -0.2) is 87.5 Å². The fraction of sp³-hybridized carbons (Fsp3) is 0.667. The maximum atomic E-state index is 12.0. The van der Waals surface area contributed by atoms with Crippen molar-refractivity contribution >= 4 is 36.0 Å². The SMILES string of the molecule is CCNC(=NCC1(c2ccc(OCC)cc2)CCOCC1)N1CCN(C(=O)OCC)CC1.I. The molecule has 1 N–H and O–H groups in total. The summed E-state index contributed by atoms with van der Waals surface area (Å²) in [5.74, 6) is 1.81.